The number of fused-ring (bicyclic) bond motifs is 3. The van der Waals surface area contributed by atoms with E-state index in [0.29, 0.717) is 71.8 Å². The Morgan fingerprint density at radius 1 is 0.900 bits per heavy atom. The number of anilines is 2. The van der Waals surface area contributed by atoms with Crippen LogP contribution in [0.25, 0.3) is 27.6 Å². The molecule has 0 radical (unpaired) electrons. The molecule has 3 heterocycles. The fourth-order valence-corrected chi connectivity index (χ4v) is 4.95. The van der Waals surface area contributed by atoms with Gasteiger partial charge in [-0.1, -0.05) is 6.07 Å². The molecule has 3 aromatic carbocycles. The minimum Gasteiger partial charge on any atom is -0.478 e. The first-order chi connectivity index (χ1) is 19.4. The molecule has 0 aliphatic carbocycles. The highest BCUT2D eigenvalue weighted by atomic mass is 19.1. The maximum Gasteiger partial charge on any atom is 0.338 e. The van der Waals surface area contributed by atoms with Crippen LogP contribution in [0.15, 0.2) is 66.7 Å². The second-order valence-corrected chi connectivity index (χ2v) is 9.37. The van der Waals surface area contributed by atoms with Crippen molar-refractivity contribution in [3.63, 3.8) is 0 Å². The Balaban J connectivity index is 1.27. The molecule has 1 fully saturated rings. The van der Waals surface area contributed by atoms with Crippen molar-refractivity contribution in [2.24, 2.45) is 0 Å². The second-order valence-electron chi connectivity index (χ2n) is 9.37. The second kappa shape index (κ2) is 10.3. The van der Waals surface area contributed by atoms with Gasteiger partial charge in [-0.15, -0.1) is 10.2 Å². The number of ether oxygens (including phenoxy) is 1. The molecule has 0 saturated carbocycles. The smallest absolute Gasteiger partial charge is 0.338 e. The van der Waals surface area contributed by atoms with Gasteiger partial charge in [0.2, 0.25) is 0 Å². The number of aromatic carboxylic acids is 1. The summed E-state index contributed by atoms with van der Waals surface area (Å²) in [7, 11) is 0. The van der Waals surface area contributed by atoms with Crippen LogP contribution < -0.4 is 9.80 Å². The Kier molecular flexibility index (Phi) is 6.47. The SMILES string of the molecule is CCOC(=O)c1ccc(N2CCN(c3cc(C(=O)O)c4c(ccc5nn(-c6cccc(F)c6)nc54)n3)CC2)cc1. The number of benzene rings is 3. The van der Waals surface area contributed by atoms with Crippen LogP contribution in [-0.4, -0.2) is 69.8 Å². The largest absolute Gasteiger partial charge is 0.478 e. The highest BCUT2D eigenvalue weighted by molar-refractivity contribution is 6.13. The molecule has 40 heavy (non-hydrogen) atoms. The first-order valence-electron chi connectivity index (χ1n) is 12.9. The number of carboxylic acid groups (broad SMARTS) is 1. The van der Waals surface area contributed by atoms with E-state index in [2.05, 4.69) is 20.0 Å². The number of carbonyl (C=O) groups is 2. The summed E-state index contributed by atoms with van der Waals surface area (Å²) in [5.41, 5.74) is 3.37. The van der Waals surface area contributed by atoms with Crippen molar-refractivity contribution in [1.29, 1.82) is 0 Å². The Morgan fingerprint density at radius 3 is 2.33 bits per heavy atom. The predicted molar refractivity (Wildman–Crippen MR) is 148 cm³/mol. The maximum atomic E-state index is 13.8. The van der Waals surface area contributed by atoms with Gasteiger partial charge in [-0.3, -0.25) is 0 Å². The van der Waals surface area contributed by atoms with Crippen molar-refractivity contribution in [1.82, 2.24) is 20.0 Å². The van der Waals surface area contributed by atoms with Crippen molar-refractivity contribution >= 4 is 45.4 Å². The van der Waals surface area contributed by atoms with Gasteiger partial charge < -0.3 is 19.6 Å². The van der Waals surface area contributed by atoms with Gasteiger partial charge in [-0.2, -0.15) is 4.80 Å². The first-order valence-corrected chi connectivity index (χ1v) is 12.9. The number of rotatable bonds is 6. The minimum absolute atomic E-state index is 0.0777. The Bertz CT molecular complexity index is 1750. The molecule has 0 unspecified atom stereocenters. The van der Waals surface area contributed by atoms with E-state index in [1.54, 1.807) is 49.4 Å². The lowest BCUT2D eigenvalue weighted by atomic mass is 10.1. The van der Waals surface area contributed by atoms with Gasteiger partial charge in [0.25, 0.3) is 0 Å². The maximum absolute atomic E-state index is 13.8. The van der Waals surface area contributed by atoms with Crippen LogP contribution >= 0.6 is 0 Å². The van der Waals surface area contributed by atoms with Crippen LogP contribution in [0, 0.1) is 5.82 Å². The Labute approximate surface area is 228 Å². The standard InChI is InChI=1S/C29H25FN6O4/c1-2-40-29(39)18-6-8-20(9-7-18)34-12-14-35(15-13-34)25-17-22(28(37)38)26-23(31-25)10-11-24-27(26)33-36(32-24)21-5-3-4-19(30)16-21/h3-11,16-17H,2,12-15H2,1H3,(H,37,38). The molecule has 5 aromatic rings. The third-order valence-electron chi connectivity index (χ3n) is 6.93. The van der Waals surface area contributed by atoms with Crippen LogP contribution in [0.3, 0.4) is 0 Å². The quantitative estimate of drug-likeness (QED) is 0.315. The van der Waals surface area contributed by atoms with E-state index in [9.17, 15) is 19.1 Å². The Morgan fingerprint density at radius 2 is 1.62 bits per heavy atom. The molecule has 1 aliphatic heterocycles. The van der Waals surface area contributed by atoms with Crippen LogP contribution in [0.5, 0.6) is 0 Å². The fourth-order valence-electron chi connectivity index (χ4n) is 4.95. The van der Waals surface area contributed by atoms with E-state index in [-0.39, 0.29) is 11.5 Å². The van der Waals surface area contributed by atoms with E-state index in [4.69, 9.17) is 9.72 Å². The topological polar surface area (TPSA) is 114 Å². The number of piperazine rings is 1. The van der Waals surface area contributed by atoms with Crippen LogP contribution in [-0.2, 0) is 4.74 Å². The van der Waals surface area contributed by atoms with Gasteiger partial charge in [-0.05, 0) is 61.5 Å². The minimum atomic E-state index is -1.10. The summed E-state index contributed by atoms with van der Waals surface area (Å²) >= 11 is 0. The average molecular weight is 541 g/mol. The third kappa shape index (κ3) is 4.66. The zero-order valence-corrected chi connectivity index (χ0v) is 21.6. The highest BCUT2D eigenvalue weighted by Gasteiger charge is 2.23. The van der Waals surface area contributed by atoms with Gasteiger partial charge in [0.1, 0.15) is 22.7 Å². The number of esters is 1. The van der Waals surface area contributed by atoms with E-state index in [0.717, 1.165) is 5.69 Å². The molecule has 0 bridgehead atoms. The molecule has 11 heteroatoms. The van der Waals surface area contributed by atoms with E-state index < -0.39 is 11.8 Å². The molecular formula is C29H25FN6O4. The molecule has 0 amide bonds. The number of aromatic nitrogens is 4. The first kappa shape index (κ1) is 25.2. The lowest BCUT2D eigenvalue weighted by molar-refractivity contribution is 0.0526. The number of hydrogen-bond acceptors (Lipinski definition) is 8. The summed E-state index contributed by atoms with van der Waals surface area (Å²) in [5, 5.41) is 19.4. The Hall–Kier alpha value is -5.06. The summed E-state index contributed by atoms with van der Waals surface area (Å²) in [4.78, 5) is 34.7. The van der Waals surface area contributed by atoms with Crippen LogP contribution in [0.2, 0.25) is 0 Å². The molecule has 1 saturated heterocycles. The summed E-state index contributed by atoms with van der Waals surface area (Å²) in [6.45, 7) is 4.76. The number of pyridine rings is 1. The van der Waals surface area contributed by atoms with Gasteiger partial charge in [0.05, 0.1) is 28.9 Å². The molecule has 0 atom stereocenters. The van der Waals surface area contributed by atoms with E-state index >= 15 is 0 Å². The number of nitrogens with zero attached hydrogens (tertiary/aromatic N) is 6. The molecular weight excluding hydrogens is 515 g/mol. The van der Waals surface area contributed by atoms with Gasteiger partial charge in [-0.25, -0.2) is 19.0 Å². The summed E-state index contributed by atoms with van der Waals surface area (Å²) in [5.74, 6) is -1.29. The number of hydrogen-bond donors (Lipinski definition) is 1. The molecule has 2 aromatic heterocycles. The molecule has 1 aliphatic rings. The summed E-state index contributed by atoms with van der Waals surface area (Å²) in [6, 6.07) is 18.3. The zero-order valence-electron chi connectivity index (χ0n) is 21.6. The van der Waals surface area contributed by atoms with Crippen molar-refractivity contribution < 1.29 is 23.8 Å². The molecule has 6 rings (SSSR count). The summed E-state index contributed by atoms with van der Waals surface area (Å²) in [6.07, 6.45) is 0. The fraction of sp³-hybridized carbons (Fsp3) is 0.207. The average Bonchev–Trinajstić information content (AvgIpc) is 3.42. The number of carboxylic acids is 1. The highest BCUT2D eigenvalue weighted by Crippen LogP contribution is 2.30. The van der Waals surface area contributed by atoms with Crippen molar-refractivity contribution in [2.75, 3.05) is 42.6 Å². The molecule has 202 valence electrons. The number of carbonyl (C=O) groups excluding carboxylic acids is 1. The lowest BCUT2D eigenvalue weighted by Crippen LogP contribution is -2.46. The van der Waals surface area contributed by atoms with Crippen LogP contribution in [0.1, 0.15) is 27.6 Å². The van der Waals surface area contributed by atoms with Crippen molar-refractivity contribution in [3.05, 3.63) is 83.7 Å². The third-order valence-corrected chi connectivity index (χ3v) is 6.93. The van der Waals surface area contributed by atoms with Gasteiger partial charge >= 0.3 is 11.9 Å². The van der Waals surface area contributed by atoms with E-state index in [1.807, 2.05) is 12.1 Å². The zero-order chi connectivity index (χ0) is 27.8. The number of halogens is 1. The normalized spacial score (nSPS) is 13.7. The van der Waals surface area contributed by atoms with Crippen LogP contribution in [0.4, 0.5) is 15.9 Å². The van der Waals surface area contributed by atoms with Gasteiger partial charge in [0, 0.05) is 43.3 Å². The molecule has 1 N–H and O–H groups in total. The monoisotopic (exact) mass is 540 g/mol. The summed E-state index contributed by atoms with van der Waals surface area (Å²) < 4.78 is 18.8. The van der Waals surface area contributed by atoms with Crippen molar-refractivity contribution in [2.45, 2.75) is 6.92 Å². The van der Waals surface area contributed by atoms with Crippen molar-refractivity contribution in [3.8, 4) is 5.69 Å². The van der Waals surface area contributed by atoms with Gasteiger partial charge in [0.15, 0.2) is 0 Å². The molecule has 0 spiro atoms. The lowest BCUT2D eigenvalue weighted by Gasteiger charge is -2.37. The predicted octanol–water partition coefficient (Wildman–Crippen LogP) is 4.31. The van der Waals surface area contributed by atoms with E-state index in [1.165, 1.54) is 16.9 Å². The molecule has 10 nitrogen and oxygen atoms in total.